The maximum Gasteiger partial charge on any atom is 0.263 e. The monoisotopic (exact) mass is 448 g/mol. The van der Waals surface area contributed by atoms with E-state index in [9.17, 15) is 14.7 Å². The zero-order valence-corrected chi connectivity index (χ0v) is 18.2. The molecule has 0 spiro atoms. The summed E-state index contributed by atoms with van der Waals surface area (Å²) in [6.07, 6.45) is 2.79. The van der Waals surface area contributed by atoms with E-state index in [0.29, 0.717) is 21.5 Å². The van der Waals surface area contributed by atoms with Crippen LogP contribution in [0.15, 0.2) is 64.8 Å². The van der Waals surface area contributed by atoms with Gasteiger partial charge in [-0.3, -0.25) is 14.2 Å². The van der Waals surface area contributed by atoms with E-state index in [1.54, 1.807) is 12.1 Å². The summed E-state index contributed by atoms with van der Waals surface area (Å²) in [4.78, 5) is 31.5. The van der Waals surface area contributed by atoms with E-state index in [2.05, 4.69) is 15.5 Å². The van der Waals surface area contributed by atoms with Crippen molar-refractivity contribution in [2.75, 3.05) is 7.11 Å². The number of aryl methyl sites for hydroxylation is 1. The number of rotatable bonds is 6. The molecule has 2 heterocycles. The van der Waals surface area contributed by atoms with Crippen molar-refractivity contribution in [2.45, 2.75) is 13.5 Å². The average molecular weight is 449 g/mol. The number of thiophene rings is 1. The number of aromatic hydroxyl groups is 1. The Kier molecular flexibility index (Phi) is 6.00. The van der Waals surface area contributed by atoms with Gasteiger partial charge in [-0.05, 0) is 36.2 Å². The van der Waals surface area contributed by atoms with Crippen molar-refractivity contribution in [3.05, 3.63) is 75.7 Å². The van der Waals surface area contributed by atoms with Gasteiger partial charge in [0.15, 0.2) is 11.5 Å². The lowest BCUT2D eigenvalue weighted by Crippen LogP contribution is -2.30. The zero-order chi connectivity index (χ0) is 22.7. The number of amides is 1. The normalized spacial score (nSPS) is 11.2. The second kappa shape index (κ2) is 9.03. The van der Waals surface area contributed by atoms with Crippen LogP contribution in [0.5, 0.6) is 11.5 Å². The number of phenols is 1. The highest BCUT2D eigenvalue weighted by molar-refractivity contribution is 7.19. The molecule has 0 aliphatic carbocycles. The Balaban J connectivity index is 1.55. The highest BCUT2D eigenvalue weighted by atomic mass is 32.1. The number of fused-ring (bicyclic) bond motifs is 1. The van der Waals surface area contributed by atoms with Crippen molar-refractivity contribution in [1.29, 1.82) is 0 Å². The first-order valence-electron chi connectivity index (χ1n) is 9.71. The van der Waals surface area contributed by atoms with Gasteiger partial charge in [-0.15, -0.1) is 11.3 Å². The minimum Gasteiger partial charge on any atom is -0.504 e. The fourth-order valence-electron chi connectivity index (χ4n) is 3.35. The summed E-state index contributed by atoms with van der Waals surface area (Å²) in [6, 6.07) is 14.3. The minimum atomic E-state index is -0.469. The molecule has 0 aliphatic rings. The second-order valence-corrected chi connectivity index (χ2v) is 8.18. The molecule has 2 aromatic carbocycles. The molecule has 0 bridgehead atoms. The molecule has 32 heavy (non-hydrogen) atoms. The van der Waals surface area contributed by atoms with Crippen molar-refractivity contribution in [3.8, 4) is 22.6 Å². The smallest absolute Gasteiger partial charge is 0.263 e. The molecule has 9 heteroatoms. The maximum absolute atomic E-state index is 13.1. The summed E-state index contributed by atoms with van der Waals surface area (Å²) in [7, 11) is 1.44. The van der Waals surface area contributed by atoms with Crippen molar-refractivity contribution in [1.82, 2.24) is 15.0 Å². The van der Waals surface area contributed by atoms with Crippen LogP contribution in [0.3, 0.4) is 0 Å². The molecule has 0 saturated heterocycles. The van der Waals surface area contributed by atoms with Gasteiger partial charge in [-0.2, -0.15) is 5.10 Å². The van der Waals surface area contributed by atoms with Gasteiger partial charge in [0.1, 0.15) is 11.4 Å². The summed E-state index contributed by atoms with van der Waals surface area (Å²) in [5.41, 5.74) is 4.53. The van der Waals surface area contributed by atoms with E-state index in [1.807, 2.05) is 37.3 Å². The first-order valence-corrected chi connectivity index (χ1v) is 10.5. The van der Waals surface area contributed by atoms with Crippen LogP contribution in [0.4, 0.5) is 0 Å². The fourth-order valence-corrected chi connectivity index (χ4v) is 4.35. The molecule has 162 valence electrons. The molecule has 0 atom stereocenters. The van der Waals surface area contributed by atoms with Gasteiger partial charge >= 0.3 is 0 Å². The number of nitrogens with zero attached hydrogens (tertiary/aromatic N) is 3. The van der Waals surface area contributed by atoms with Crippen LogP contribution in [0.25, 0.3) is 21.3 Å². The van der Waals surface area contributed by atoms with Crippen LogP contribution in [0.2, 0.25) is 0 Å². The zero-order valence-electron chi connectivity index (χ0n) is 17.4. The van der Waals surface area contributed by atoms with Crippen molar-refractivity contribution >= 4 is 33.7 Å². The van der Waals surface area contributed by atoms with E-state index in [1.165, 1.54) is 41.6 Å². The number of ether oxygens (including phenoxy) is 1. The van der Waals surface area contributed by atoms with Gasteiger partial charge in [0.25, 0.3) is 11.5 Å². The van der Waals surface area contributed by atoms with Crippen molar-refractivity contribution in [2.24, 2.45) is 5.10 Å². The highest BCUT2D eigenvalue weighted by Crippen LogP contribution is 2.35. The molecule has 2 aromatic heterocycles. The van der Waals surface area contributed by atoms with Crippen molar-refractivity contribution in [3.63, 3.8) is 0 Å². The molecule has 4 aromatic rings. The molecule has 8 nitrogen and oxygen atoms in total. The Morgan fingerprint density at radius 1 is 1.28 bits per heavy atom. The molecule has 0 fully saturated rings. The van der Waals surface area contributed by atoms with Crippen LogP contribution >= 0.6 is 11.3 Å². The number of carbonyl (C=O) groups is 1. The Hall–Kier alpha value is -3.98. The number of hydrogen-bond donors (Lipinski definition) is 2. The van der Waals surface area contributed by atoms with Gasteiger partial charge in [0, 0.05) is 10.4 Å². The third-order valence-electron chi connectivity index (χ3n) is 4.84. The summed E-state index contributed by atoms with van der Waals surface area (Å²) >= 11 is 1.45. The molecular weight excluding hydrogens is 428 g/mol. The van der Waals surface area contributed by atoms with Crippen LogP contribution < -0.4 is 15.7 Å². The Morgan fingerprint density at radius 3 is 2.81 bits per heavy atom. The van der Waals surface area contributed by atoms with E-state index in [-0.39, 0.29) is 17.9 Å². The lowest BCUT2D eigenvalue weighted by atomic mass is 10.0. The lowest BCUT2D eigenvalue weighted by Gasteiger charge is -2.06. The van der Waals surface area contributed by atoms with Crippen LogP contribution in [0.1, 0.15) is 10.4 Å². The van der Waals surface area contributed by atoms with E-state index in [4.69, 9.17) is 4.74 Å². The fraction of sp³-hybridized carbons (Fsp3) is 0.130. The summed E-state index contributed by atoms with van der Waals surface area (Å²) in [5.74, 6) is -0.163. The van der Waals surface area contributed by atoms with Gasteiger partial charge in [-0.1, -0.05) is 30.3 Å². The predicted molar refractivity (Wildman–Crippen MR) is 124 cm³/mol. The van der Waals surface area contributed by atoms with E-state index in [0.717, 1.165) is 16.0 Å². The third-order valence-corrected chi connectivity index (χ3v) is 5.85. The van der Waals surface area contributed by atoms with Crippen LogP contribution in [-0.4, -0.2) is 33.9 Å². The standard InChI is InChI=1S/C23H20N4O4S/c1-14-20(16-6-4-3-5-7-16)21-22(32-14)24-13-27(23(21)30)12-19(29)26-25-11-15-8-9-17(28)18(10-15)31-2/h3-11,13,28H,12H2,1-2H3,(H,26,29)/b25-11-. The van der Waals surface area contributed by atoms with Gasteiger partial charge in [0.2, 0.25) is 0 Å². The molecular formula is C23H20N4O4S. The topological polar surface area (TPSA) is 106 Å². The summed E-state index contributed by atoms with van der Waals surface area (Å²) in [5, 5.41) is 14.0. The maximum atomic E-state index is 13.1. The highest BCUT2D eigenvalue weighted by Gasteiger charge is 2.17. The SMILES string of the molecule is COc1cc(/C=N\NC(=O)Cn2cnc3sc(C)c(-c4ccccc4)c3c2=O)ccc1O. The van der Waals surface area contributed by atoms with Crippen LogP contribution in [0, 0.1) is 6.92 Å². The molecule has 4 rings (SSSR count). The van der Waals surface area contributed by atoms with Crippen LogP contribution in [-0.2, 0) is 11.3 Å². The Morgan fingerprint density at radius 2 is 2.06 bits per heavy atom. The minimum absolute atomic E-state index is 0.00879. The Bertz CT molecular complexity index is 1380. The van der Waals surface area contributed by atoms with E-state index >= 15 is 0 Å². The van der Waals surface area contributed by atoms with Crippen molar-refractivity contribution < 1.29 is 14.6 Å². The number of carbonyl (C=O) groups excluding carboxylic acids is 1. The number of aromatic nitrogens is 2. The molecule has 0 saturated carbocycles. The van der Waals surface area contributed by atoms with Gasteiger partial charge < -0.3 is 9.84 Å². The lowest BCUT2D eigenvalue weighted by molar-refractivity contribution is -0.121. The Labute approximate surface area is 187 Å². The molecule has 1 amide bonds. The predicted octanol–water partition coefficient (Wildman–Crippen LogP) is 3.30. The van der Waals surface area contributed by atoms with Gasteiger partial charge in [0.05, 0.1) is 25.0 Å². The summed E-state index contributed by atoms with van der Waals surface area (Å²) in [6.45, 7) is 1.74. The quantitative estimate of drug-likeness (QED) is 0.348. The average Bonchev–Trinajstić information content (AvgIpc) is 3.14. The number of methoxy groups -OCH3 is 1. The summed E-state index contributed by atoms with van der Waals surface area (Å²) < 4.78 is 6.31. The van der Waals surface area contributed by atoms with Gasteiger partial charge in [-0.25, -0.2) is 10.4 Å². The number of benzene rings is 2. The second-order valence-electron chi connectivity index (χ2n) is 6.98. The largest absolute Gasteiger partial charge is 0.504 e. The number of hydrogen-bond acceptors (Lipinski definition) is 7. The first-order chi connectivity index (χ1) is 15.5. The number of hydrazone groups is 1. The first kappa shape index (κ1) is 21.3. The molecule has 2 N–H and O–H groups in total. The number of phenolic OH excluding ortho intramolecular Hbond substituents is 1. The van der Waals surface area contributed by atoms with E-state index < -0.39 is 5.91 Å². The molecule has 0 unspecified atom stereocenters. The third kappa shape index (κ3) is 4.23. The number of nitrogens with one attached hydrogen (secondary N) is 1. The molecule has 0 radical (unpaired) electrons. The molecule has 0 aliphatic heterocycles.